The number of ketones is 1. The Morgan fingerprint density at radius 3 is 2.06 bits per heavy atom. The van der Waals surface area contributed by atoms with Crippen molar-refractivity contribution in [3.8, 4) is 5.75 Å². The minimum Gasteiger partial charge on any atom is -0.512 e. The zero-order valence-corrected chi connectivity index (χ0v) is 36.1. The van der Waals surface area contributed by atoms with Crippen LogP contribution in [0.15, 0.2) is 66.4 Å². The molecule has 0 radical (unpaired) electrons. The summed E-state index contributed by atoms with van der Waals surface area (Å²) in [5, 5.41) is 11.2. The molecule has 1 saturated heterocycles. The molecule has 0 aliphatic carbocycles. The fraction of sp³-hybridized carbons (Fsp3) is 0.643. The molecule has 0 saturated carbocycles. The first-order valence-corrected chi connectivity index (χ1v) is 24.2. The Bertz CT molecular complexity index is 1360. The molecule has 8 nitrogen and oxygen atoms in total. The van der Waals surface area contributed by atoms with Gasteiger partial charge in [-0.3, -0.25) is 4.79 Å². The minimum atomic E-state index is -2.12. The van der Waals surface area contributed by atoms with Gasteiger partial charge in [0, 0.05) is 37.5 Å². The first kappa shape index (κ1) is 44.1. The van der Waals surface area contributed by atoms with Crippen LogP contribution in [-0.4, -0.2) is 66.2 Å². The second kappa shape index (κ2) is 19.8. The van der Waals surface area contributed by atoms with Crippen molar-refractivity contribution in [1.29, 1.82) is 0 Å². The van der Waals surface area contributed by atoms with Crippen molar-refractivity contribution in [3.63, 3.8) is 0 Å². The maximum atomic E-state index is 13.4. The van der Waals surface area contributed by atoms with Crippen LogP contribution in [0, 0.1) is 0 Å². The fourth-order valence-corrected chi connectivity index (χ4v) is 13.7. The molecule has 2 aromatic rings. The number of allylic oxidation sites excluding steroid dienone is 1. The van der Waals surface area contributed by atoms with Gasteiger partial charge in [-0.15, -0.1) is 0 Å². The molecule has 292 valence electrons. The normalized spacial score (nSPS) is 19.8. The zero-order chi connectivity index (χ0) is 38.7. The van der Waals surface area contributed by atoms with E-state index in [9.17, 15) is 9.90 Å². The molecule has 1 aliphatic heterocycles. The third-order valence-corrected chi connectivity index (χ3v) is 21.6. The van der Waals surface area contributed by atoms with Crippen LogP contribution in [0.1, 0.15) is 105 Å². The highest BCUT2D eigenvalue weighted by atomic mass is 28.4. The number of aliphatic hydroxyl groups excluding tert-OH is 1. The molecule has 2 aromatic carbocycles. The van der Waals surface area contributed by atoms with E-state index in [0.717, 1.165) is 16.9 Å². The van der Waals surface area contributed by atoms with Gasteiger partial charge in [-0.25, -0.2) is 0 Å². The van der Waals surface area contributed by atoms with Gasteiger partial charge in [0.1, 0.15) is 5.75 Å². The van der Waals surface area contributed by atoms with Gasteiger partial charge in [-0.05, 0) is 58.9 Å². The summed E-state index contributed by atoms with van der Waals surface area (Å²) >= 11 is 0. The third-order valence-electron chi connectivity index (χ3n) is 11.0. The molecule has 3 rings (SSSR count). The minimum absolute atomic E-state index is 0.00919. The monoisotopic (exact) mass is 756 g/mol. The molecule has 1 fully saturated rings. The molecular weight excluding hydrogens is 689 g/mol. The molecule has 4 atom stereocenters. The Hall–Kier alpha value is -2.32. The van der Waals surface area contributed by atoms with E-state index in [1.165, 1.54) is 6.08 Å². The van der Waals surface area contributed by atoms with E-state index in [1.54, 1.807) is 7.11 Å². The molecule has 0 spiro atoms. The van der Waals surface area contributed by atoms with Crippen LogP contribution in [-0.2, 0) is 34.5 Å². The van der Waals surface area contributed by atoms with E-state index >= 15 is 0 Å². The Kier molecular flexibility index (Phi) is 16.8. The second-order valence-corrected chi connectivity index (χ2v) is 27.1. The van der Waals surface area contributed by atoms with Crippen molar-refractivity contribution in [2.45, 2.75) is 154 Å². The maximum absolute atomic E-state index is 13.4. The number of benzene rings is 2. The van der Waals surface area contributed by atoms with Crippen molar-refractivity contribution in [2.75, 3.05) is 20.3 Å². The summed E-state index contributed by atoms with van der Waals surface area (Å²) in [5.74, 6) is 0.570. The van der Waals surface area contributed by atoms with Gasteiger partial charge in [0.15, 0.2) is 28.7 Å². The number of hydrogen-bond donors (Lipinski definition) is 1. The number of rotatable bonds is 20. The molecule has 1 N–H and O–H groups in total. The molecule has 1 aliphatic rings. The molecule has 52 heavy (non-hydrogen) atoms. The molecule has 0 aromatic heterocycles. The molecule has 0 bridgehead atoms. The fourth-order valence-electron chi connectivity index (χ4n) is 7.13. The zero-order valence-electron chi connectivity index (χ0n) is 34.1. The van der Waals surface area contributed by atoms with Crippen molar-refractivity contribution >= 4 is 22.4 Å². The van der Waals surface area contributed by atoms with Gasteiger partial charge in [-0.2, -0.15) is 0 Å². The van der Waals surface area contributed by atoms with Gasteiger partial charge >= 0.3 is 0 Å². The maximum Gasteiger partial charge on any atom is 0.200 e. The molecule has 0 amide bonds. The van der Waals surface area contributed by atoms with Crippen LogP contribution in [0.3, 0.4) is 0 Å². The van der Waals surface area contributed by atoms with Gasteiger partial charge in [-0.1, -0.05) is 105 Å². The van der Waals surface area contributed by atoms with E-state index < -0.39 is 22.9 Å². The van der Waals surface area contributed by atoms with Crippen LogP contribution in [0.25, 0.3) is 0 Å². The van der Waals surface area contributed by atoms with Crippen molar-refractivity contribution in [1.82, 2.24) is 0 Å². The lowest BCUT2D eigenvalue weighted by molar-refractivity contribution is -0.253. The lowest BCUT2D eigenvalue weighted by Gasteiger charge is -2.44. The number of carbonyl (C=O) groups excluding carboxylic acids is 1. The predicted molar refractivity (Wildman–Crippen MR) is 215 cm³/mol. The van der Waals surface area contributed by atoms with Crippen LogP contribution < -0.4 is 4.74 Å². The highest BCUT2D eigenvalue weighted by Gasteiger charge is 2.46. The Labute approximate surface area is 316 Å². The lowest BCUT2D eigenvalue weighted by atomic mass is 10.0. The van der Waals surface area contributed by atoms with Crippen LogP contribution >= 0.6 is 0 Å². The Morgan fingerprint density at radius 1 is 0.904 bits per heavy atom. The average molecular weight is 757 g/mol. The first-order chi connectivity index (χ1) is 24.4. The largest absolute Gasteiger partial charge is 0.512 e. The van der Waals surface area contributed by atoms with Crippen LogP contribution in [0.4, 0.5) is 0 Å². The van der Waals surface area contributed by atoms with Crippen LogP contribution in [0.2, 0.25) is 34.8 Å². The highest BCUT2D eigenvalue weighted by molar-refractivity contribution is 6.77. The average Bonchev–Trinajstić information content (AvgIpc) is 3.06. The third kappa shape index (κ3) is 12.6. The number of aliphatic hydroxyl groups is 1. The SMILES string of the molecule is COc1ccc(CO[C@H](CCO[Si](C)(C)C(C)(C)C)CC(=O)/C=C(\O)C[C@@H]2C[C@H](CO[Si](C(C)C)(C(C)C)C(C)C)O[C@H](c3ccccc3)O2)cc1. The number of ether oxygens (including phenoxy) is 4. The summed E-state index contributed by atoms with van der Waals surface area (Å²) in [5.41, 5.74) is 3.25. The van der Waals surface area contributed by atoms with Crippen LogP contribution in [0.5, 0.6) is 5.75 Å². The number of carbonyl (C=O) groups is 1. The van der Waals surface area contributed by atoms with E-state index in [4.69, 9.17) is 27.8 Å². The summed E-state index contributed by atoms with van der Waals surface area (Å²) in [7, 11) is -2.45. The topological polar surface area (TPSA) is 92.7 Å². The van der Waals surface area contributed by atoms with E-state index in [2.05, 4.69) is 75.4 Å². The molecule has 0 unspecified atom stereocenters. The highest BCUT2D eigenvalue weighted by Crippen LogP contribution is 2.43. The number of hydrogen-bond acceptors (Lipinski definition) is 8. The summed E-state index contributed by atoms with van der Waals surface area (Å²) in [6.45, 7) is 26.1. The molecule has 10 heteroatoms. The number of methoxy groups -OCH3 is 1. The summed E-state index contributed by atoms with van der Waals surface area (Å²) in [6.07, 6.45) is 1.24. The Morgan fingerprint density at radius 2 is 1.50 bits per heavy atom. The first-order valence-electron chi connectivity index (χ1n) is 19.2. The second-order valence-electron chi connectivity index (χ2n) is 16.8. The van der Waals surface area contributed by atoms with Crippen molar-refractivity contribution in [3.05, 3.63) is 77.6 Å². The predicted octanol–water partition coefficient (Wildman–Crippen LogP) is 10.8. The van der Waals surface area contributed by atoms with E-state index in [1.807, 2.05) is 54.6 Å². The van der Waals surface area contributed by atoms with Crippen molar-refractivity contribution in [2.24, 2.45) is 0 Å². The van der Waals surface area contributed by atoms with Gasteiger partial charge < -0.3 is 32.9 Å². The summed E-state index contributed by atoms with van der Waals surface area (Å²) < 4.78 is 37.8. The molecular formula is C42H68O8Si2. The molecule has 1 heterocycles. The Balaban J connectivity index is 1.72. The van der Waals surface area contributed by atoms with E-state index in [0.29, 0.717) is 49.3 Å². The smallest absolute Gasteiger partial charge is 0.200 e. The lowest BCUT2D eigenvalue weighted by Crippen LogP contribution is -2.50. The van der Waals surface area contributed by atoms with Gasteiger partial charge in [0.25, 0.3) is 0 Å². The standard InChI is InChI=1S/C42H68O8Si2/c1-30(2)52(31(3)4,32(5)6)48-29-40-27-39(49-41(50-40)34-16-14-13-15-17-34)26-36(44)24-35(43)25-38(22-23-47-51(11,12)42(7,8)9)46-28-33-18-20-37(45-10)21-19-33/h13-21,24,30-32,38-41,44H,22-23,25-29H2,1-12H3/b36-24-/t38-,39-,40-,41-/m1/s1. The van der Waals surface area contributed by atoms with E-state index in [-0.39, 0.29) is 47.7 Å². The summed E-state index contributed by atoms with van der Waals surface area (Å²) in [6, 6.07) is 17.6. The quantitative estimate of drug-likeness (QED) is 0.0811. The van der Waals surface area contributed by atoms with Gasteiger partial charge in [0.05, 0.1) is 44.4 Å². The van der Waals surface area contributed by atoms with Gasteiger partial charge in [0.2, 0.25) is 0 Å². The van der Waals surface area contributed by atoms with Crippen molar-refractivity contribution < 1.29 is 37.7 Å². The summed E-state index contributed by atoms with van der Waals surface area (Å²) in [4.78, 5) is 13.4.